The summed E-state index contributed by atoms with van der Waals surface area (Å²) in [5.74, 6) is 1.69. The van der Waals surface area contributed by atoms with Gasteiger partial charge in [0, 0.05) is 23.3 Å². The first kappa shape index (κ1) is 16.1. The monoisotopic (exact) mass is 401 g/mol. The van der Waals surface area contributed by atoms with Gasteiger partial charge in [0.2, 0.25) is 10.0 Å². The molecule has 0 unspecified atom stereocenters. The molecule has 0 N–H and O–H groups in total. The third kappa shape index (κ3) is 3.42. The van der Waals surface area contributed by atoms with E-state index in [2.05, 4.69) is 15.9 Å². The van der Waals surface area contributed by atoms with Crippen molar-refractivity contribution in [3.63, 3.8) is 0 Å². The molecule has 1 atom stereocenters. The highest BCUT2D eigenvalue weighted by atomic mass is 79.9. The number of hydrogen-bond acceptors (Lipinski definition) is 4. The molecule has 0 saturated carbocycles. The summed E-state index contributed by atoms with van der Waals surface area (Å²) in [6, 6.07) is 10.6. The van der Waals surface area contributed by atoms with Crippen molar-refractivity contribution in [2.45, 2.75) is 16.6 Å². The molecular weight excluding hydrogens is 386 g/mol. The third-order valence-corrected chi connectivity index (χ3v) is 7.34. The number of thioether (sulfide) groups is 1. The number of rotatable bonds is 3. The normalized spacial score (nSPS) is 20.7. The van der Waals surface area contributed by atoms with E-state index in [1.165, 1.54) is 0 Å². The van der Waals surface area contributed by atoms with Crippen molar-refractivity contribution in [1.82, 2.24) is 4.31 Å². The van der Waals surface area contributed by atoms with Gasteiger partial charge in [0.25, 0.3) is 0 Å². The lowest BCUT2D eigenvalue weighted by Crippen LogP contribution is -2.33. The van der Waals surface area contributed by atoms with Gasteiger partial charge in [-0.25, -0.2) is 8.42 Å². The molecule has 0 amide bonds. The first-order valence-corrected chi connectivity index (χ1v) is 10.3. The maximum Gasteiger partial charge on any atom is 0.243 e. The van der Waals surface area contributed by atoms with Crippen LogP contribution in [0.1, 0.15) is 17.4 Å². The Balaban J connectivity index is 1.76. The summed E-state index contributed by atoms with van der Waals surface area (Å²) in [7, 11) is -3.43. The van der Waals surface area contributed by atoms with Crippen LogP contribution in [0.25, 0.3) is 0 Å². The van der Waals surface area contributed by atoms with Gasteiger partial charge in [-0.1, -0.05) is 15.9 Å². The Morgan fingerprint density at radius 2 is 1.95 bits per heavy atom. The van der Waals surface area contributed by atoms with Gasteiger partial charge >= 0.3 is 0 Å². The molecule has 4 nitrogen and oxygen atoms in total. The van der Waals surface area contributed by atoms with Crippen LogP contribution in [0.2, 0.25) is 0 Å². The number of nitrogens with zero attached hydrogens (tertiary/aromatic N) is 1. The molecule has 22 heavy (non-hydrogen) atoms. The third-order valence-electron chi connectivity index (χ3n) is 3.61. The first-order valence-electron chi connectivity index (χ1n) is 6.98. The molecule has 2 heterocycles. The zero-order valence-electron chi connectivity index (χ0n) is 11.8. The lowest BCUT2D eigenvalue weighted by Gasteiger charge is -2.19. The lowest BCUT2D eigenvalue weighted by molar-refractivity contribution is 0.417. The van der Waals surface area contributed by atoms with Gasteiger partial charge in [-0.2, -0.15) is 4.31 Å². The Morgan fingerprint density at radius 1 is 1.18 bits per heavy atom. The Labute approximate surface area is 143 Å². The Morgan fingerprint density at radius 3 is 2.64 bits per heavy atom. The Bertz CT molecular complexity index is 714. The standard InChI is InChI=1S/C15H16BrNO3S2/c16-12-3-5-13(6-4-12)22(18,19)17-8-7-15(21-11-9-17)14-2-1-10-20-14/h1-6,10,15H,7-9,11H2/t15-/m0/s1. The quantitative estimate of drug-likeness (QED) is 0.781. The second-order valence-corrected chi connectivity index (χ2v) is 9.19. The highest BCUT2D eigenvalue weighted by Crippen LogP contribution is 2.35. The van der Waals surface area contributed by atoms with Gasteiger partial charge in [-0.3, -0.25) is 0 Å². The van der Waals surface area contributed by atoms with Crippen LogP contribution in [0.5, 0.6) is 0 Å². The van der Waals surface area contributed by atoms with E-state index in [-0.39, 0.29) is 5.25 Å². The molecule has 0 aliphatic carbocycles. The number of furan rings is 1. The van der Waals surface area contributed by atoms with E-state index in [0.717, 1.165) is 22.4 Å². The summed E-state index contributed by atoms with van der Waals surface area (Å²) in [5.41, 5.74) is 0. The van der Waals surface area contributed by atoms with E-state index in [1.807, 2.05) is 12.1 Å². The number of hydrogen-bond donors (Lipinski definition) is 0. The minimum atomic E-state index is -3.43. The van der Waals surface area contributed by atoms with E-state index >= 15 is 0 Å². The fourth-order valence-electron chi connectivity index (χ4n) is 2.45. The molecule has 0 radical (unpaired) electrons. The van der Waals surface area contributed by atoms with Crippen LogP contribution < -0.4 is 0 Å². The summed E-state index contributed by atoms with van der Waals surface area (Å²) in [5, 5.41) is 0.222. The smallest absolute Gasteiger partial charge is 0.243 e. The van der Waals surface area contributed by atoms with Crippen molar-refractivity contribution in [3.05, 3.63) is 52.9 Å². The largest absolute Gasteiger partial charge is 0.468 e. The summed E-state index contributed by atoms with van der Waals surface area (Å²) < 4.78 is 33.3. The average Bonchev–Trinajstić information content (AvgIpc) is 2.92. The van der Waals surface area contributed by atoms with E-state index in [1.54, 1.807) is 46.6 Å². The highest BCUT2D eigenvalue weighted by molar-refractivity contribution is 9.10. The second-order valence-electron chi connectivity index (χ2n) is 5.02. The van der Waals surface area contributed by atoms with Crippen molar-refractivity contribution in [3.8, 4) is 0 Å². The van der Waals surface area contributed by atoms with Crippen molar-refractivity contribution in [2.24, 2.45) is 0 Å². The minimum absolute atomic E-state index is 0.222. The first-order chi connectivity index (χ1) is 10.6. The number of halogens is 1. The lowest BCUT2D eigenvalue weighted by atomic mass is 10.2. The fourth-order valence-corrected chi connectivity index (χ4v) is 5.46. The molecule has 0 spiro atoms. The average molecular weight is 402 g/mol. The molecule has 1 fully saturated rings. The molecule has 3 rings (SSSR count). The van der Waals surface area contributed by atoms with Crippen LogP contribution in [-0.4, -0.2) is 31.6 Å². The van der Waals surface area contributed by atoms with Crippen molar-refractivity contribution < 1.29 is 12.8 Å². The van der Waals surface area contributed by atoms with Crippen molar-refractivity contribution >= 4 is 37.7 Å². The van der Waals surface area contributed by atoms with Crippen LogP contribution in [-0.2, 0) is 10.0 Å². The van der Waals surface area contributed by atoms with E-state index in [0.29, 0.717) is 18.0 Å². The molecule has 1 aromatic carbocycles. The molecule has 7 heteroatoms. The maximum absolute atomic E-state index is 12.7. The van der Waals surface area contributed by atoms with Gasteiger partial charge < -0.3 is 4.42 Å². The summed E-state index contributed by atoms with van der Waals surface area (Å²) in [4.78, 5) is 0.345. The molecule has 1 aliphatic rings. The highest BCUT2D eigenvalue weighted by Gasteiger charge is 2.29. The van der Waals surface area contributed by atoms with Gasteiger partial charge in [-0.05, 0) is 42.8 Å². The van der Waals surface area contributed by atoms with Crippen LogP contribution in [0.3, 0.4) is 0 Å². The molecule has 2 aromatic rings. The second kappa shape index (κ2) is 6.78. The van der Waals surface area contributed by atoms with Gasteiger partial charge in [0.1, 0.15) is 5.76 Å². The van der Waals surface area contributed by atoms with Gasteiger partial charge in [0.05, 0.1) is 16.4 Å². The zero-order valence-corrected chi connectivity index (χ0v) is 15.0. The molecule has 1 saturated heterocycles. The van der Waals surface area contributed by atoms with Crippen molar-refractivity contribution in [1.29, 1.82) is 0 Å². The Kier molecular flexibility index (Phi) is 4.97. The zero-order chi connectivity index (χ0) is 15.6. The van der Waals surface area contributed by atoms with Gasteiger partial charge in [-0.15, -0.1) is 11.8 Å². The topological polar surface area (TPSA) is 50.5 Å². The van der Waals surface area contributed by atoms with Gasteiger partial charge in [0.15, 0.2) is 0 Å². The molecule has 118 valence electrons. The molecule has 1 aliphatic heterocycles. The van der Waals surface area contributed by atoms with Crippen LogP contribution in [0, 0.1) is 0 Å². The van der Waals surface area contributed by atoms with Crippen molar-refractivity contribution in [2.75, 3.05) is 18.8 Å². The minimum Gasteiger partial charge on any atom is -0.468 e. The summed E-state index contributed by atoms with van der Waals surface area (Å²) >= 11 is 5.08. The summed E-state index contributed by atoms with van der Waals surface area (Å²) in [6.45, 7) is 1.04. The fraction of sp³-hybridized carbons (Fsp3) is 0.333. The Hall–Kier alpha value is -0.760. The number of sulfonamides is 1. The van der Waals surface area contributed by atoms with E-state index in [9.17, 15) is 8.42 Å². The van der Waals surface area contributed by atoms with Crippen LogP contribution >= 0.6 is 27.7 Å². The molecule has 1 aromatic heterocycles. The summed E-state index contributed by atoms with van der Waals surface area (Å²) in [6.07, 6.45) is 2.42. The number of benzene rings is 1. The predicted molar refractivity (Wildman–Crippen MR) is 91.4 cm³/mol. The van der Waals surface area contributed by atoms with E-state index in [4.69, 9.17) is 4.42 Å². The van der Waals surface area contributed by atoms with Crippen LogP contribution in [0.15, 0.2) is 56.4 Å². The SMILES string of the molecule is O=S(=O)(c1ccc(Br)cc1)N1CCS[C@H](c2ccco2)CC1. The molecule has 0 bridgehead atoms. The van der Waals surface area contributed by atoms with Crippen LogP contribution in [0.4, 0.5) is 0 Å². The maximum atomic E-state index is 12.7. The molecular formula is C15H16BrNO3S2. The van der Waals surface area contributed by atoms with E-state index < -0.39 is 10.0 Å². The predicted octanol–water partition coefficient (Wildman–Crippen LogP) is 3.91.